The zero-order valence-electron chi connectivity index (χ0n) is 11.5. The van der Waals surface area contributed by atoms with Gasteiger partial charge in [-0.3, -0.25) is 25.2 Å². The minimum Gasteiger partial charge on any atom is -0.450 e. The minimum absolute atomic E-state index is 0.240. The number of hydrogen-bond acceptors (Lipinski definition) is 6. The fourth-order valence-electron chi connectivity index (χ4n) is 1.60. The van der Waals surface area contributed by atoms with E-state index in [-0.39, 0.29) is 11.3 Å². The van der Waals surface area contributed by atoms with Gasteiger partial charge >= 0.3 is 5.97 Å². The van der Waals surface area contributed by atoms with Crippen molar-refractivity contribution in [3.8, 4) is 0 Å². The largest absolute Gasteiger partial charge is 0.450 e. The Morgan fingerprint density at radius 1 is 1.18 bits per heavy atom. The average Bonchev–Trinajstić information content (AvgIpc) is 2.50. The lowest BCUT2D eigenvalue weighted by molar-refractivity contribution is -0.129. The van der Waals surface area contributed by atoms with E-state index in [0.717, 1.165) is 6.07 Å². The molecule has 114 valence electrons. The molecule has 2 amide bonds. The maximum atomic E-state index is 11.8. The van der Waals surface area contributed by atoms with Crippen molar-refractivity contribution in [1.82, 2.24) is 10.9 Å². The van der Waals surface area contributed by atoms with Crippen LogP contribution in [0.15, 0.2) is 39.5 Å². The van der Waals surface area contributed by atoms with Crippen LogP contribution in [0.25, 0.3) is 11.0 Å². The van der Waals surface area contributed by atoms with Gasteiger partial charge < -0.3 is 9.15 Å². The van der Waals surface area contributed by atoms with Crippen LogP contribution in [0.1, 0.15) is 17.5 Å². The van der Waals surface area contributed by atoms with Gasteiger partial charge in [0.15, 0.2) is 12.0 Å². The maximum absolute atomic E-state index is 11.8. The predicted molar refractivity (Wildman–Crippen MR) is 74.7 cm³/mol. The van der Waals surface area contributed by atoms with Crippen molar-refractivity contribution < 1.29 is 23.5 Å². The molecule has 8 nitrogen and oxygen atoms in total. The number of hydrogen-bond donors (Lipinski definition) is 2. The summed E-state index contributed by atoms with van der Waals surface area (Å²) in [6, 6.07) is 7.43. The van der Waals surface area contributed by atoms with Crippen LogP contribution in [0, 0.1) is 0 Å². The van der Waals surface area contributed by atoms with Crippen LogP contribution in [0.5, 0.6) is 0 Å². The standard InChI is InChI=1S/C14H12N2O6/c1-8(17)15-16-13(19)7-21-14(20)12-6-10(18)9-4-2-3-5-11(9)22-12/h2-6H,7H2,1H3,(H,15,17)(H,16,19). The summed E-state index contributed by atoms with van der Waals surface area (Å²) in [5, 5.41) is 0.336. The number of carbonyl (C=O) groups is 3. The molecule has 0 aliphatic carbocycles. The Kier molecular flexibility index (Phi) is 4.52. The lowest BCUT2D eigenvalue weighted by Gasteiger charge is -2.06. The molecular weight excluding hydrogens is 292 g/mol. The molecule has 1 aromatic carbocycles. The number of amides is 2. The molecule has 22 heavy (non-hydrogen) atoms. The summed E-state index contributed by atoms with van der Waals surface area (Å²) < 4.78 is 9.95. The molecule has 1 aromatic heterocycles. The van der Waals surface area contributed by atoms with Crippen molar-refractivity contribution in [2.75, 3.05) is 6.61 Å². The summed E-state index contributed by atoms with van der Waals surface area (Å²) in [7, 11) is 0. The fraction of sp³-hybridized carbons (Fsp3) is 0.143. The topological polar surface area (TPSA) is 115 Å². The second-order valence-electron chi connectivity index (χ2n) is 4.28. The lowest BCUT2D eigenvalue weighted by atomic mass is 10.2. The van der Waals surface area contributed by atoms with E-state index in [1.165, 1.54) is 13.0 Å². The molecule has 0 bridgehead atoms. The Morgan fingerprint density at radius 3 is 2.64 bits per heavy atom. The van der Waals surface area contributed by atoms with E-state index in [0.29, 0.717) is 5.39 Å². The molecule has 1 heterocycles. The van der Waals surface area contributed by atoms with Crippen LogP contribution >= 0.6 is 0 Å². The molecule has 0 atom stereocenters. The number of carbonyl (C=O) groups excluding carboxylic acids is 3. The Balaban J connectivity index is 2.05. The number of rotatable bonds is 3. The molecule has 0 fully saturated rings. The quantitative estimate of drug-likeness (QED) is 0.614. The summed E-state index contributed by atoms with van der Waals surface area (Å²) in [4.78, 5) is 45.4. The Hall–Kier alpha value is -3.16. The fourth-order valence-corrected chi connectivity index (χ4v) is 1.60. The Morgan fingerprint density at radius 2 is 1.91 bits per heavy atom. The third-order valence-electron chi connectivity index (χ3n) is 2.55. The van der Waals surface area contributed by atoms with Gasteiger partial charge in [0.1, 0.15) is 5.58 Å². The third-order valence-corrected chi connectivity index (χ3v) is 2.55. The summed E-state index contributed by atoms with van der Waals surface area (Å²) in [5.74, 6) is -2.47. The van der Waals surface area contributed by atoms with Gasteiger partial charge in [-0.2, -0.15) is 0 Å². The lowest BCUT2D eigenvalue weighted by Crippen LogP contribution is -2.42. The van der Waals surface area contributed by atoms with Crippen LogP contribution in [-0.2, 0) is 14.3 Å². The van der Waals surface area contributed by atoms with E-state index in [2.05, 4.69) is 0 Å². The van der Waals surface area contributed by atoms with Crippen molar-refractivity contribution in [3.63, 3.8) is 0 Å². The van der Waals surface area contributed by atoms with Crippen LogP contribution in [-0.4, -0.2) is 24.4 Å². The van der Waals surface area contributed by atoms with Crippen LogP contribution in [0.4, 0.5) is 0 Å². The SMILES string of the molecule is CC(=O)NNC(=O)COC(=O)c1cc(=O)c2ccccc2o1. The van der Waals surface area contributed by atoms with Crippen LogP contribution in [0.2, 0.25) is 0 Å². The molecule has 2 aromatic rings. The number of ether oxygens (including phenoxy) is 1. The van der Waals surface area contributed by atoms with Gasteiger partial charge in [0.25, 0.3) is 5.91 Å². The Labute approximate surface area is 124 Å². The molecular formula is C14H12N2O6. The maximum Gasteiger partial charge on any atom is 0.374 e. The molecule has 0 radical (unpaired) electrons. The zero-order chi connectivity index (χ0) is 16.1. The van der Waals surface area contributed by atoms with Gasteiger partial charge in [0.05, 0.1) is 5.39 Å². The second kappa shape index (κ2) is 6.53. The monoisotopic (exact) mass is 304 g/mol. The first kappa shape index (κ1) is 15.2. The van der Waals surface area contributed by atoms with Crippen molar-refractivity contribution in [2.24, 2.45) is 0 Å². The normalized spacial score (nSPS) is 10.0. The first-order valence-electron chi connectivity index (χ1n) is 6.23. The van der Waals surface area contributed by atoms with E-state index in [4.69, 9.17) is 9.15 Å². The molecule has 0 aliphatic heterocycles. The number of benzene rings is 1. The highest BCUT2D eigenvalue weighted by Crippen LogP contribution is 2.12. The number of para-hydroxylation sites is 1. The van der Waals surface area contributed by atoms with Gasteiger partial charge in [0.2, 0.25) is 11.7 Å². The van der Waals surface area contributed by atoms with Crippen molar-refractivity contribution in [1.29, 1.82) is 0 Å². The number of nitrogens with one attached hydrogen (secondary N) is 2. The van der Waals surface area contributed by atoms with Gasteiger partial charge in [-0.05, 0) is 12.1 Å². The van der Waals surface area contributed by atoms with Crippen LogP contribution in [0.3, 0.4) is 0 Å². The highest BCUT2D eigenvalue weighted by atomic mass is 16.5. The van der Waals surface area contributed by atoms with E-state index in [1.54, 1.807) is 18.2 Å². The molecule has 2 rings (SSSR count). The number of hydrazine groups is 1. The summed E-state index contributed by atoms with van der Waals surface area (Å²) in [6.07, 6.45) is 0. The average molecular weight is 304 g/mol. The minimum atomic E-state index is -0.958. The van der Waals surface area contributed by atoms with Crippen molar-refractivity contribution in [3.05, 3.63) is 46.3 Å². The summed E-state index contributed by atoms with van der Waals surface area (Å²) in [5.41, 5.74) is 3.91. The zero-order valence-corrected chi connectivity index (χ0v) is 11.5. The smallest absolute Gasteiger partial charge is 0.374 e. The van der Waals surface area contributed by atoms with E-state index < -0.39 is 29.8 Å². The highest BCUT2D eigenvalue weighted by Gasteiger charge is 2.15. The molecule has 0 spiro atoms. The van der Waals surface area contributed by atoms with E-state index in [1.807, 2.05) is 10.9 Å². The molecule has 0 saturated heterocycles. The Bertz CT molecular complexity index is 795. The van der Waals surface area contributed by atoms with Gasteiger partial charge in [-0.15, -0.1) is 0 Å². The molecule has 2 N–H and O–H groups in total. The van der Waals surface area contributed by atoms with E-state index >= 15 is 0 Å². The molecule has 0 aliphatic rings. The van der Waals surface area contributed by atoms with Gasteiger partial charge in [-0.1, -0.05) is 12.1 Å². The van der Waals surface area contributed by atoms with Crippen molar-refractivity contribution >= 4 is 28.8 Å². The highest BCUT2D eigenvalue weighted by molar-refractivity contribution is 5.91. The number of fused-ring (bicyclic) bond motifs is 1. The first-order valence-corrected chi connectivity index (χ1v) is 6.23. The second-order valence-corrected chi connectivity index (χ2v) is 4.28. The predicted octanol–water partition coefficient (Wildman–Crippen LogP) is 0.117. The molecule has 0 unspecified atom stereocenters. The third kappa shape index (κ3) is 3.69. The summed E-state index contributed by atoms with van der Waals surface area (Å²) in [6.45, 7) is 0.575. The van der Waals surface area contributed by atoms with Crippen LogP contribution < -0.4 is 16.3 Å². The molecule has 8 heteroatoms. The first-order chi connectivity index (χ1) is 10.5. The van der Waals surface area contributed by atoms with E-state index in [9.17, 15) is 19.2 Å². The number of esters is 1. The summed E-state index contributed by atoms with van der Waals surface area (Å²) >= 11 is 0. The van der Waals surface area contributed by atoms with Crippen molar-refractivity contribution in [2.45, 2.75) is 6.92 Å². The van der Waals surface area contributed by atoms with Gasteiger partial charge in [0, 0.05) is 13.0 Å². The molecule has 0 saturated carbocycles. The van der Waals surface area contributed by atoms with Gasteiger partial charge in [-0.25, -0.2) is 4.79 Å².